The summed E-state index contributed by atoms with van der Waals surface area (Å²) in [5, 5.41) is 16.2. The van der Waals surface area contributed by atoms with Crippen molar-refractivity contribution in [3.8, 4) is 0 Å². The van der Waals surface area contributed by atoms with Crippen LogP contribution in [0, 0.1) is 0 Å². The van der Waals surface area contributed by atoms with E-state index in [-0.39, 0.29) is 12.1 Å². The monoisotopic (exact) mass is 330 g/mol. The molecule has 19 heavy (non-hydrogen) atoms. The highest BCUT2D eigenvalue weighted by molar-refractivity contribution is 9.10. The molecule has 0 saturated carbocycles. The van der Waals surface area contributed by atoms with E-state index in [9.17, 15) is 5.11 Å². The fourth-order valence-corrected chi connectivity index (χ4v) is 2.53. The van der Waals surface area contributed by atoms with E-state index >= 15 is 0 Å². The zero-order valence-corrected chi connectivity index (χ0v) is 12.5. The summed E-state index contributed by atoms with van der Waals surface area (Å²) in [5.41, 5.74) is -0.362. The van der Waals surface area contributed by atoms with Gasteiger partial charge in [0.2, 0.25) is 0 Å². The molecule has 6 nitrogen and oxygen atoms in total. The first-order valence-electron chi connectivity index (χ1n) is 6.42. The zero-order chi connectivity index (χ0) is 13.7. The van der Waals surface area contributed by atoms with Crippen molar-refractivity contribution >= 4 is 27.6 Å². The molecule has 1 fully saturated rings. The molecule has 1 aromatic heterocycles. The van der Waals surface area contributed by atoms with Gasteiger partial charge in [0.25, 0.3) is 0 Å². The zero-order valence-electron chi connectivity index (χ0n) is 10.9. The average Bonchev–Trinajstić information content (AvgIpc) is 2.45. The predicted octanol–water partition coefficient (Wildman–Crippen LogP) is 1.62. The number of halogens is 1. The number of nitrogens with one attached hydrogen (secondary N) is 2. The Kier molecular flexibility index (Phi) is 4.95. The molecule has 1 saturated heterocycles. The van der Waals surface area contributed by atoms with E-state index in [0.29, 0.717) is 19.0 Å². The summed E-state index contributed by atoms with van der Waals surface area (Å²) in [6.45, 7) is 4.15. The smallest absolute Gasteiger partial charge is 0.146 e. The van der Waals surface area contributed by atoms with Gasteiger partial charge in [0, 0.05) is 19.8 Å². The minimum atomic E-state index is -0.362. The second-order valence-corrected chi connectivity index (χ2v) is 5.38. The van der Waals surface area contributed by atoms with Crippen LogP contribution in [0.15, 0.2) is 10.8 Å². The molecule has 7 heteroatoms. The fraction of sp³-hybridized carbons (Fsp3) is 0.667. The van der Waals surface area contributed by atoms with Crippen molar-refractivity contribution in [1.82, 2.24) is 9.97 Å². The van der Waals surface area contributed by atoms with Crippen molar-refractivity contribution in [1.29, 1.82) is 0 Å². The third-order valence-electron chi connectivity index (χ3n) is 3.27. The van der Waals surface area contributed by atoms with E-state index in [1.165, 1.54) is 6.33 Å². The Hall–Kier alpha value is -0.920. The van der Waals surface area contributed by atoms with Gasteiger partial charge in [0.05, 0.1) is 12.1 Å². The van der Waals surface area contributed by atoms with Gasteiger partial charge in [-0.2, -0.15) is 0 Å². The van der Waals surface area contributed by atoms with Crippen LogP contribution in [-0.2, 0) is 4.74 Å². The molecule has 0 amide bonds. The lowest BCUT2D eigenvalue weighted by atomic mass is 9.91. The van der Waals surface area contributed by atoms with Gasteiger partial charge in [-0.1, -0.05) is 0 Å². The molecule has 0 atom stereocenters. The lowest BCUT2D eigenvalue weighted by molar-refractivity contribution is 0.0378. The molecule has 1 aromatic rings. The summed E-state index contributed by atoms with van der Waals surface area (Å²) in [6.07, 6.45) is 3.03. The van der Waals surface area contributed by atoms with E-state index in [1.54, 1.807) is 0 Å². The molecule has 0 aromatic carbocycles. The van der Waals surface area contributed by atoms with Gasteiger partial charge in [-0.15, -0.1) is 0 Å². The van der Waals surface area contributed by atoms with Gasteiger partial charge >= 0.3 is 0 Å². The number of hydrogen-bond donors (Lipinski definition) is 3. The maximum Gasteiger partial charge on any atom is 0.146 e. The van der Waals surface area contributed by atoms with Crippen molar-refractivity contribution in [3.63, 3.8) is 0 Å². The topological polar surface area (TPSA) is 79.3 Å². The van der Waals surface area contributed by atoms with Crippen LogP contribution in [0.1, 0.15) is 19.8 Å². The van der Waals surface area contributed by atoms with Crippen molar-refractivity contribution in [2.45, 2.75) is 25.3 Å². The van der Waals surface area contributed by atoms with E-state index in [1.807, 2.05) is 6.92 Å². The van der Waals surface area contributed by atoms with Crippen molar-refractivity contribution in [2.75, 3.05) is 37.0 Å². The summed E-state index contributed by atoms with van der Waals surface area (Å²) in [7, 11) is 0. The van der Waals surface area contributed by atoms with E-state index < -0.39 is 0 Å². The van der Waals surface area contributed by atoms with Gasteiger partial charge in [-0.3, -0.25) is 0 Å². The number of hydrogen-bond acceptors (Lipinski definition) is 6. The quantitative estimate of drug-likeness (QED) is 0.761. The predicted molar refractivity (Wildman–Crippen MR) is 77.4 cm³/mol. The van der Waals surface area contributed by atoms with Gasteiger partial charge < -0.3 is 20.5 Å². The summed E-state index contributed by atoms with van der Waals surface area (Å²) in [6, 6.07) is 0. The van der Waals surface area contributed by atoms with Crippen LogP contribution in [0.3, 0.4) is 0 Å². The number of aliphatic hydroxyl groups excluding tert-OH is 1. The summed E-state index contributed by atoms with van der Waals surface area (Å²) in [5.74, 6) is 1.45. The maximum absolute atomic E-state index is 9.67. The number of nitrogens with zero attached hydrogens (tertiary/aromatic N) is 2. The third-order valence-corrected chi connectivity index (χ3v) is 4.02. The molecule has 0 radical (unpaired) electrons. The molecule has 2 rings (SSSR count). The third kappa shape index (κ3) is 3.34. The molecule has 0 spiro atoms. The largest absolute Gasteiger partial charge is 0.394 e. The maximum atomic E-state index is 9.67. The number of aliphatic hydroxyl groups is 1. The molecular formula is C12H19BrN4O2. The van der Waals surface area contributed by atoms with Crippen molar-refractivity contribution < 1.29 is 9.84 Å². The lowest BCUT2D eigenvalue weighted by Gasteiger charge is -2.37. The standard InChI is InChI=1S/C12H19BrN4O2/c1-2-14-10-9(13)11(16-8-15-10)17-12(7-18)3-5-19-6-4-12/h8,18H,2-7H2,1H3,(H2,14,15,16,17). The molecule has 0 aliphatic carbocycles. The number of anilines is 2. The summed E-state index contributed by atoms with van der Waals surface area (Å²) >= 11 is 3.50. The van der Waals surface area contributed by atoms with E-state index in [0.717, 1.165) is 29.7 Å². The van der Waals surface area contributed by atoms with Crippen LogP contribution in [0.4, 0.5) is 11.6 Å². The van der Waals surface area contributed by atoms with Crippen LogP contribution in [0.2, 0.25) is 0 Å². The fourth-order valence-electron chi connectivity index (χ4n) is 2.08. The molecule has 1 aliphatic rings. The number of aromatic nitrogens is 2. The first-order valence-corrected chi connectivity index (χ1v) is 7.21. The molecule has 0 bridgehead atoms. The Morgan fingerprint density at radius 1 is 1.37 bits per heavy atom. The highest BCUT2D eigenvalue weighted by atomic mass is 79.9. The van der Waals surface area contributed by atoms with E-state index in [4.69, 9.17) is 4.74 Å². The Morgan fingerprint density at radius 2 is 2.05 bits per heavy atom. The Morgan fingerprint density at radius 3 is 2.68 bits per heavy atom. The lowest BCUT2D eigenvalue weighted by Crippen LogP contribution is -2.47. The Labute approximate surface area is 121 Å². The van der Waals surface area contributed by atoms with Crippen LogP contribution in [0.25, 0.3) is 0 Å². The minimum absolute atomic E-state index is 0.0589. The second kappa shape index (κ2) is 6.49. The number of ether oxygens (including phenoxy) is 1. The molecular weight excluding hydrogens is 312 g/mol. The second-order valence-electron chi connectivity index (χ2n) is 4.59. The van der Waals surface area contributed by atoms with Gasteiger partial charge in [-0.05, 0) is 35.7 Å². The van der Waals surface area contributed by atoms with Crippen molar-refractivity contribution in [2.24, 2.45) is 0 Å². The summed E-state index contributed by atoms with van der Waals surface area (Å²) in [4.78, 5) is 8.42. The molecule has 1 aliphatic heterocycles. The summed E-state index contributed by atoms with van der Waals surface area (Å²) < 4.78 is 6.14. The van der Waals surface area contributed by atoms with Gasteiger partial charge in [-0.25, -0.2) is 9.97 Å². The Bertz CT molecular complexity index is 424. The molecule has 0 unspecified atom stereocenters. The van der Waals surface area contributed by atoms with Gasteiger partial charge in [0.1, 0.15) is 22.4 Å². The molecule has 2 heterocycles. The van der Waals surface area contributed by atoms with Crippen LogP contribution < -0.4 is 10.6 Å². The average molecular weight is 331 g/mol. The normalized spacial score (nSPS) is 18.1. The molecule has 3 N–H and O–H groups in total. The SMILES string of the molecule is CCNc1ncnc(NC2(CO)CCOCC2)c1Br. The minimum Gasteiger partial charge on any atom is -0.394 e. The molecule has 106 valence electrons. The van der Waals surface area contributed by atoms with Crippen LogP contribution in [0.5, 0.6) is 0 Å². The number of rotatable bonds is 5. The first-order chi connectivity index (χ1) is 9.21. The van der Waals surface area contributed by atoms with Crippen LogP contribution >= 0.6 is 15.9 Å². The van der Waals surface area contributed by atoms with E-state index in [2.05, 4.69) is 36.5 Å². The highest BCUT2D eigenvalue weighted by Crippen LogP contribution is 2.31. The van der Waals surface area contributed by atoms with Crippen molar-refractivity contribution in [3.05, 3.63) is 10.8 Å². The van der Waals surface area contributed by atoms with Crippen LogP contribution in [-0.4, -0.2) is 47.0 Å². The van der Waals surface area contributed by atoms with Gasteiger partial charge in [0.15, 0.2) is 0 Å². The first kappa shape index (κ1) is 14.5. The Balaban J connectivity index is 2.19. The highest BCUT2D eigenvalue weighted by Gasteiger charge is 2.33.